The molecule has 0 aliphatic carbocycles. The minimum atomic E-state index is -4.38. The molecule has 0 saturated heterocycles. The van der Waals surface area contributed by atoms with Crippen LogP contribution in [0.4, 0.5) is 13.2 Å². The molecule has 32 heavy (non-hydrogen) atoms. The predicted molar refractivity (Wildman–Crippen MR) is 120 cm³/mol. The highest BCUT2D eigenvalue weighted by atomic mass is 32.2. The van der Waals surface area contributed by atoms with Gasteiger partial charge in [0.05, 0.1) is 5.56 Å². The Morgan fingerprint density at radius 3 is 1.97 bits per heavy atom. The van der Waals surface area contributed by atoms with Gasteiger partial charge in [0.25, 0.3) is 6.47 Å². The largest absolute Gasteiger partial charge is 0.429 e. The van der Waals surface area contributed by atoms with E-state index in [1.165, 1.54) is 12.1 Å². The molecular formula is C25H24F3NO2S. The molecule has 0 amide bonds. The maximum atomic E-state index is 13.3. The van der Waals surface area contributed by atoms with Crippen molar-refractivity contribution in [1.82, 2.24) is 4.90 Å². The number of hydrogen-bond donors (Lipinski definition) is 0. The second kappa shape index (κ2) is 10.7. The van der Waals surface area contributed by atoms with Crippen molar-refractivity contribution in [2.75, 3.05) is 6.26 Å². The lowest BCUT2D eigenvalue weighted by Gasteiger charge is -2.24. The lowest BCUT2D eigenvalue weighted by Crippen LogP contribution is -2.23. The van der Waals surface area contributed by atoms with E-state index in [0.717, 1.165) is 16.0 Å². The summed E-state index contributed by atoms with van der Waals surface area (Å²) in [7, 11) is 0. The summed E-state index contributed by atoms with van der Waals surface area (Å²) in [4.78, 5) is 13.8. The molecule has 0 saturated carbocycles. The Hall–Kier alpha value is -2.77. The highest BCUT2D eigenvalue weighted by Gasteiger charge is 2.31. The van der Waals surface area contributed by atoms with Crippen LogP contribution in [0.1, 0.15) is 27.8 Å². The van der Waals surface area contributed by atoms with Crippen LogP contribution in [0.25, 0.3) is 0 Å². The molecule has 0 bridgehead atoms. The van der Waals surface area contributed by atoms with Gasteiger partial charge in [-0.1, -0.05) is 35.9 Å². The van der Waals surface area contributed by atoms with Crippen LogP contribution in [0, 0.1) is 6.92 Å². The Kier molecular flexibility index (Phi) is 7.99. The number of hydrogen-bond acceptors (Lipinski definition) is 4. The Morgan fingerprint density at radius 2 is 1.44 bits per heavy atom. The number of aryl methyl sites for hydroxylation is 1. The molecule has 0 atom stereocenters. The van der Waals surface area contributed by atoms with E-state index in [1.807, 2.05) is 42.7 Å². The van der Waals surface area contributed by atoms with E-state index in [1.54, 1.807) is 36.9 Å². The Bertz CT molecular complexity index is 1030. The van der Waals surface area contributed by atoms with Crippen LogP contribution in [0.3, 0.4) is 0 Å². The maximum Gasteiger partial charge on any atom is 0.416 e. The standard InChI is InChI=1S/C25H24F3NO2S/c1-18-11-21(13-22(12-18)25(26,27)28)16-29(15-20-5-9-24(32-2)10-6-20)14-19-3-7-23(8-4-19)31-17-30/h3-13,17H,14-16H2,1-2H3. The van der Waals surface area contributed by atoms with Crippen molar-refractivity contribution in [1.29, 1.82) is 0 Å². The molecule has 0 spiro atoms. The normalized spacial score (nSPS) is 11.6. The minimum Gasteiger partial charge on any atom is -0.429 e. The van der Waals surface area contributed by atoms with Gasteiger partial charge in [-0.3, -0.25) is 9.69 Å². The lowest BCUT2D eigenvalue weighted by molar-refractivity contribution is -0.137. The number of alkyl halides is 3. The van der Waals surface area contributed by atoms with Gasteiger partial charge >= 0.3 is 6.18 Å². The molecule has 7 heteroatoms. The van der Waals surface area contributed by atoms with E-state index in [2.05, 4.69) is 4.90 Å². The van der Waals surface area contributed by atoms with Gasteiger partial charge in [0.2, 0.25) is 0 Å². The molecule has 0 radical (unpaired) electrons. The van der Waals surface area contributed by atoms with E-state index < -0.39 is 11.7 Å². The molecule has 3 aromatic carbocycles. The third-order valence-corrected chi connectivity index (χ3v) is 5.69. The highest BCUT2D eigenvalue weighted by molar-refractivity contribution is 7.98. The first-order valence-corrected chi connectivity index (χ1v) is 11.2. The fraction of sp³-hybridized carbons (Fsp3) is 0.240. The lowest BCUT2D eigenvalue weighted by atomic mass is 10.0. The van der Waals surface area contributed by atoms with Crippen LogP contribution in [0.5, 0.6) is 5.75 Å². The summed E-state index contributed by atoms with van der Waals surface area (Å²) in [5.41, 5.74) is 2.60. The number of benzene rings is 3. The minimum absolute atomic E-state index is 0.363. The molecular weight excluding hydrogens is 435 g/mol. The summed E-state index contributed by atoms with van der Waals surface area (Å²) in [6, 6.07) is 19.4. The second-order valence-corrected chi connectivity index (χ2v) is 8.44. The second-order valence-electron chi connectivity index (χ2n) is 7.56. The van der Waals surface area contributed by atoms with Crippen LogP contribution >= 0.6 is 11.8 Å². The summed E-state index contributed by atoms with van der Waals surface area (Å²) in [6.45, 7) is 3.52. The van der Waals surface area contributed by atoms with Gasteiger partial charge in [-0.05, 0) is 66.3 Å². The number of rotatable bonds is 9. The quantitative estimate of drug-likeness (QED) is 0.271. The SMILES string of the molecule is CSc1ccc(CN(Cc2ccc(OC=O)cc2)Cc2cc(C)cc(C(F)(F)F)c2)cc1. The van der Waals surface area contributed by atoms with Gasteiger partial charge in [0.1, 0.15) is 5.75 Å². The van der Waals surface area contributed by atoms with Gasteiger partial charge in [-0.15, -0.1) is 11.8 Å². The molecule has 0 fully saturated rings. The van der Waals surface area contributed by atoms with E-state index in [-0.39, 0.29) is 0 Å². The third-order valence-electron chi connectivity index (χ3n) is 4.95. The Labute approximate surface area is 190 Å². The summed E-state index contributed by atoms with van der Waals surface area (Å²) in [5, 5.41) is 0. The molecule has 3 aromatic rings. The zero-order valence-corrected chi connectivity index (χ0v) is 18.7. The first-order valence-electron chi connectivity index (χ1n) is 9.99. The van der Waals surface area contributed by atoms with Crippen molar-refractivity contribution < 1.29 is 22.7 Å². The molecule has 3 nitrogen and oxygen atoms in total. The molecule has 0 N–H and O–H groups in total. The first kappa shape index (κ1) is 23.9. The smallest absolute Gasteiger partial charge is 0.416 e. The van der Waals surface area contributed by atoms with Crippen LogP contribution in [-0.2, 0) is 30.6 Å². The van der Waals surface area contributed by atoms with E-state index >= 15 is 0 Å². The van der Waals surface area contributed by atoms with E-state index in [9.17, 15) is 18.0 Å². The number of halogens is 3. The third kappa shape index (κ3) is 6.87. The summed E-state index contributed by atoms with van der Waals surface area (Å²) in [5.74, 6) is 0.441. The predicted octanol–water partition coefficient (Wildman–Crippen LogP) is 6.47. The summed E-state index contributed by atoms with van der Waals surface area (Å²) >= 11 is 1.66. The molecule has 0 aliphatic rings. The summed E-state index contributed by atoms with van der Waals surface area (Å²) in [6.07, 6.45) is -2.37. The van der Waals surface area contributed by atoms with Gasteiger partial charge in [-0.2, -0.15) is 13.2 Å². The van der Waals surface area contributed by atoms with Crippen LogP contribution in [-0.4, -0.2) is 17.6 Å². The van der Waals surface area contributed by atoms with Crippen LogP contribution in [0.2, 0.25) is 0 Å². The van der Waals surface area contributed by atoms with Crippen molar-refractivity contribution in [2.24, 2.45) is 0 Å². The number of ether oxygens (including phenoxy) is 1. The Morgan fingerprint density at radius 1 is 0.875 bits per heavy atom. The zero-order valence-electron chi connectivity index (χ0n) is 17.9. The molecule has 0 unspecified atom stereocenters. The van der Waals surface area contributed by atoms with Crippen LogP contribution < -0.4 is 4.74 Å². The van der Waals surface area contributed by atoms with Gasteiger partial charge in [-0.25, -0.2) is 0 Å². The average molecular weight is 460 g/mol. The summed E-state index contributed by atoms with van der Waals surface area (Å²) < 4.78 is 44.7. The molecule has 0 aliphatic heterocycles. The van der Waals surface area contributed by atoms with Gasteiger partial charge in [0, 0.05) is 24.5 Å². The van der Waals surface area contributed by atoms with Gasteiger partial charge in [0.15, 0.2) is 0 Å². The van der Waals surface area contributed by atoms with Crippen molar-refractivity contribution in [3.05, 3.63) is 94.5 Å². The van der Waals surface area contributed by atoms with Crippen molar-refractivity contribution in [2.45, 2.75) is 37.6 Å². The van der Waals surface area contributed by atoms with E-state index in [0.29, 0.717) is 43.0 Å². The topological polar surface area (TPSA) is 29.5 Å². The van der Waals surface area contributed by atoms with E-state index in [4.69, 9.17) is 4.74 Å². The highest BCUT2D eigenvalue weighted by Crippen LogP contribution is 2.31. The Balaban J connectivity index is 1.85. The first-order chi connectivity index (χ1) is 15.3. The average Bonchev–Trinajstić information content (AvgIpc) is 2.75. The number of thioether (sulfide) groups is 1. The fourth-order valence-corrected chi connectivity index (χ4v) is 3.93. The maximum absolute atomic E-state index is 13.3. The zero-order chi connectivity index (χ0) is 23.1. The monoisotopic (exact) mass is 459 g/mol. The number of carbonyl (C=O) groups is 1. The number of nitrogens with zero attached hydrogens (tertiary/aromatic N) is 1. The molecule has 168 valence electrons. The fourth-order valence-electron chi connectivity index (χ4n) is 3.52. The van der Waals surface area contributed by atoms with Crippen molar-refractivity contribution in [3.63, 3.8) is 0 Å². The van der Waals surface area contributed by atoms with Crippen molar-refractivity contribution >= 4 is 18.2 Å². The molecule has 3 rings (SSSR count). The van der Waals surface area contributed by atoms with Gasteiger partial charge < -0.3 is 4.74 Å². The van der Waals surface area contributed by atoms with Crippen molar-refractivity contribution in [3.8, 4) is 5.75 Å². The molecule has 0 aromatic heterocycles. The number of carbonyl (C=O) groups excluding carboxylic acids is 1. The van der Waals surface area contributed by atoms with Crippen LogP contribution in [0.15, 0.2) is 71.6 Å². The molecule has 0 heterocycles.